The summed E-state index contributed by atoms with van der Waals surface area (Å²) < 4.78 is 11.1. The molecule has 0 amide bonds. The van der Waals surface area contributed by atoms with Gasteiger partial charge >= 0.3 is 5.97 Å². The molecule has 21 heavy (non-hydrogen) atoms. The number of aromatic carboxylic acids is 1. The number of benzene rings is 1. The number of carbonyl (C=O) groups is 1. The summed E-state index contributed by atoms with van der Waals surface area (Å²) in [6.45, 7) is 5.65. The van der Waals surface area contributed by atoms with E-state index in [9.17, 15) is 4.79 Å². The topological polar surface area (TPSA) is 62.9 Å². The molecule has 5 heteroatoms. The minimum Gasteiger partial charge on any atom is -0.492 e. The predicted octanol–water partition coefficient (Wildman–Crippen LogP) is 2.91. The Hall–Kier alpha value is -2.01. The number of hydrogen-bond donors (Lipinski definition) is 1. The Morgan fingerprint density at radius 3 is 2.86 bits per heavy atom. The standard InChI is InChI=1S/C16H19NO4/c1-11-13-10-12(20-9-8-17-6-2-3-7-17)4-5-14(13)21-15(11)16(18)19/h4-5,10H,2-3,6-9H2,1H3,(H,18,19). The molecule has 112 valence electrons. The lowest BCUT2D eigenvalue weighted by Crippen LogP contribution is -2.25. The van der Waals surface area contributed by atoms with Crippen LogP contribution in [0.4, 0.5) is 0 Å². The molecule has 3 rings (SSSR count). The number of fused-ring (bicyclic) bond motifs is 1. The fraction of sp³-hybridized carbons (Fsp3) is 0.438. The minimum atomic E-state index is -1.04. The molecule has 2 heterocycles. The van der Waals surface area contributed by atoms with Gasteiger partial charge in [-0.25, -0.2) is 4.79 Å². The van der Waals surface area contributed by atoms with Gasteiger partial charge in [-0.15, -0.1) is 0 Å². The average Bonchev–Trinajstić information content (AvgIpc) is 3.08. The molecule has 0 aliphatic carbocycles. The molecule has 0 bridgehead atoms. The first-order chi connectivity index (χ1) is 10.1. The van der Waals surface area contributed by atoms with Gasteiger partial charge in [0.05, 0.1) is 0 Å². The van der Waals surface area contributed by atoms with Crippen LogP contribution in [0.5, 0.6) is 5.75 Å². The van der Waals surface area contributed by atoms with Crippen molar-refractivity contribution >= 4 is 16.9 Å². The molecule has 0 atom stereocenters. The van der Waals surface area contributed by atoms with Crippen molar-refractivity contribution in [1.29, 1.82) is 0 Å². The van der Waals surface area contributed by atoms with E-state index in [4.69, 9.17) is 14.3 Å². The molecule has 5 nitrogen and oxygen atoms in total. The fourth-order valence-electron chi connectivity index (χ4n) is 2.79. The highest BCUT2D eigenvalue weighted by atomic mass is 16.5. The molecule has 1 aliphatic rings. The van der Waals surface area contributed by atoms with Crippen LogP contribution in [-0.2, 0) is 0 Å². The second-order valence-corrected chi connectivity index (χ2v) is 5.42. The van der Waals surface area contributed by atoms with Crippen molar-refractivity contribution in [3.05, 3.63) is 29.5 Å². The van der Waals surface area contributed by atoms with Crippen molar-refractivity contribution < 1.29 is 19.1 Å². The van der Waals surface area contributed by atoms with Crippen LogP contribution in [0.15, 0.2) is 22.6 Å². The van der Waals surface area contributed by atoms with Gasteiger partial charge in [0.25, 0.3) is 0 Å². The maximum Gasteiger partial charge on any atom is 0.372 e. The molecule has 1 saturated heterocycles. The molecule has 1 aromatic heterocycles. The van der Waals surface area contributed by atoms with Crippen molar-refractivity contribution in [3.8, 4) is 5.75 Å². The Morgan fingerprint density at radius 1 is 1.38 bits per heavy atom. The molecule has 0 radical (unpaired) electrons. The van der Waals surface area contributed by atoms with E-state index in [1.54, 1.807) is 13.0 Å². The zero-order chi connectivity index (χ0) is 14.8. The van der Waals surface area contributed by atoms with Gasteiger partial charge in [0.15, 0.2) is 0 Å². The van der Waals surface area contributed by atoms with Gasteiger partial charge in [0.2, 0.25) is 5.76 Å². The first kappa shape index (κ1) is 13.9. The van der Waals surface area contributed by atoms with E-state index in [-0.39, 0.29) is 5.76 Å². The lowest BCUT2D eigenvalue weighted by atomic mass is 10.1. The summed E-state index contributed by atoms with van der Waals surface area (Å²) in [7, 11) is 0. The van der Waals surface area contributed by atoms with Crippen LogP contribution in [0.3, 0.4) is 0 Å². The third kappa shape index (κ3) is 2.88. The third-order valence-electron chi connectivity index (χ3n) is 3.98. The second kappa shape index (κ2) is 5.77. The number of hydrogen-bond acceptors (Lipinski definition) is 4. The second-order valence-electron chi connectivity index (χ2n) is 5.42. The van der Waals surface area contributed by atoms with Gasteiger partial charge in [-0.3, -0.25) is 4.90 Å². The maximum absolute atomic E-state index is 11.1. The molecule has 1 aliphatic heterocycles. The molecule has 0 unspecified atom stereocenters. The van der Waals surface area contributed by atoms with Crippen molar-refractivity contribution in [2.24, 2.45) is 0 Å². The van der Waals surface area contributed by atoms with E-state index in [0.29, 0.717) is 17.8 Å². The third-order valence-corrected chi connectivity index (χ3v) is 3.98. The van der Waals surface area contributed by atoms with E-state index in [0.717, 1.165) is 30.8 Å². The van der Waals surface area contributed by atoms with Crippen LogP contribution in [0, 0.1) is 6.92 Å². The van der Waals surface area contributed by atoms with Crippen molar-refractivity contribution in [2.45, 2.75) is 19.8 Å². The van der Waals surface area contributed by atoms with E-state index >= 15 is 0 Å². The minimum absolute atomic E-state index is 0.000725. The summed E-state index contributed by atoms with van der Waals surface area (Å²) in [5, 5.41) is 9.87. The number of carboxylic acids is 1. The van der Waals surface area contributed by atoms with E-state index in [2.05, 4.69) is 4.90 Å². The Morgan fingerprint density at radius 2 is 2.14 bits per heavy atom. The number of nitrogens with zero attached hydrogens (tertiary/aromatic N) is 1. The Balaban J connectivity index is 1.71. The van der Waals surface area contributed by atoms with Gasteiger partial charge < -0.3 is 14.3 Å². The average molecular weight is 289 g/mol. The number of ether oxygens (including phenoxy) is 1. The van der Waals surface area contributed by atoms with Gasteiger partial charge in [0, 0.05) is 17.5 Å². The summed E-state index contributed by atoms with van der Waals surface area (Å²) in [5.41, 5.74) is 1.22. The maximum atomic E-state index is 11.1. The number of rotatable bonds is 5. The molecular formula is C16H19NO4. The molecule has 0 saturated carbocycles. The quantitative estimate of drug-likeness (QED) is 0.917. The van der Waals surface area contributed by atoms with Crippen molar-refractivity contribution in [3.63, 3.8) is 0 Å². The van der Waals surface area contributed by atoms with Crippen LogP contribution in [0.25, 0.3) is 11.0 Å². The highest BCUT2D eigenvalue weighted by molar-refractivity contribution is 5.95. The largest absolute Gasteiger partial charge is 0.492 e. The van der Waals surface area contributed by atoms with Gasteiger partial charge in [0.1, 0.15) is 17.9 Å². The number of aryl methyl sites for hydroxylation is 1. The Labute approximate surface area is 123 Å². The van der Waals surface area contributed by atoms with Crippen LogP contribution < -0.4 is 4.74 Å². The lowest BCUT2D eigenvalue weighted by molar-refractivity contribution is 0.0664. The van der Waals surface area contributed by atoms with Crippen LogP contribution in [-0.4, -0.2) is 42.2 Å². The van der Waals surface area contributed by atoms with E-state index < -0.39 is 5.97 Å². The van der Waals surface area contributed by atoms with Gasteiger partial charge in [-0.05, 0) is 51.1 Å². The van der Waals surface area contributed by atoms with E-state index in [1.165, 1.54) is 12.8 Å². The molecule has 2 aromatic rings. The lowest BCUT2D eigenvalue weighted by Gasteiger charge is -2.14. The first-order valence-corrected chi connectivity index (χ1v) is 7.27. The zero-order valence-electron chi connectivity index (χ0n) is 12.1. The van der Waals surface area contributed by atoms with E-state index in [1.807, 2.05) is 12.1 Å². The molecule has 1 N–H and O–H groups in total. The van der Waals surface area contributed by atoms with Crippen molar-refractivity contribution in [2.75, 3.05) is 26.2 Å². The number of likely N-dealkylation sites (tertiary alicyclic amines) is 1. The summed E-state index contributed by atoms with van der Waals surface area (Å²) in [4.78, 5) is 13.5. The van der Waals surface area contributed by atoms with Crippen LogP contribution in [0.1, 0.15) is 29.0 Å². The highest BCUT2D eigenvalue weighted by Gasteiger charge is 2.17. The first-order valence-electron chi connectivity index (χ1n) is 7.27. The Kier molecular flexibility index (Phi) is 3.84. The Bertz CT molecular complexity index is 656. The van der Waals surface area contributed by atoms with Gasteiger partial charge in [-0.1, -0.05) is 0 Å². The highest BCUT2D eigenvalue weighted by Crippen LogP contribution is 2.28. The number of carboxylic acid groups (broad SMARTS) is 1. The number of furan rings is 1. The van der Waals surface area contributed by atoms with Crippen molar-refractivity contribution in [1.82, 2.24) is 4.90 Å². The summed E-state index contributed by atoms with van der Waals surface area (Å²) >= 11 is 0. The zero-order valence-corrected chi connectivity index (χ0v) is 12.1. The van der Waals surface area contributed by atoms with Crippen LogP contribution >= 0.6 is 0 Å². The predicted molar refractivity (Wildman–Crippen MR) is 79.1 cm³/mol. The summed E-state index contributed by atoms with van der Waals surface area (Å²) in [6.07, 6.45) is 2.55. The SMILES string of the molecule is Cc1c(C(=O)O)oc2ccc(OCCN3CCCC3)cc12. The smallest absolute Gasteiger partial charge is 0.372 e. The molecule has 1 fully saturated rings. The normalized spacial score (nSPS) is 15.7. The molecule has 1 aromatic carbocycles. The molecular weight excluding hydrogens is 270 g/mol. The van der Waals surface area contributed by atoms with Gasteiger partial charge in [-0.2, -0.15) is 0 Å². The molecule has 0 spiro atoms. The van der Waals surface area contributed by atoms with Crippen LogP contribution in [0.2, 0.25) is 0 Å². The summed E-state index contributed by atoms with van der Waals surface area (Å²) in [5.74, 6) is -0.290. The monoisotopic (exact) mass is 289 g/mol. The fourth-order valence-corrected chi connectivity index (χ4v) is 2.79. The summed E-state index contributed by atoms with van der Waals surface area (Å²) in [6, 6.07) is 5.44.